The molecule has 0 bridgehead atoms. The van der Waals surface area contributed by atoms with E-state index >= 15 is 0 Å². The monoisotopic (exact) mass is 390 g/mol. The van der Waals surface area contributed by atoms with Crippen molar-refractivity contribution in [3.05, 3.63) is 52.5 Å². The van der Waals surface area contributed by atoms with Crippen LogP contribution >= 0.6 is 15.9 Å². The Morgan fingerprint density at radius 1 is 1.21 bits per heavy atom. The lowest BCUT2D eigenvalue weighted by atomic mass is 10.2. The van der Waals surface area contributed by atoms with E-state index in [1.807, 2.05) is 25.1 Å². The Balaban J connectivity index is 2.15. The summed E-state index contributed by atoms with van der Waals surface area (Å²) in [6.07, 6.45) is 0. The van der Waals surface area contributed by atoms with Gasteiger partial charge in [-0.2, -0.15) is 0 Å². The predicted octanol–water partition coefficient (Wildman–Crippen LogP) is 3.76. The van der Waals surface area contributed by atoms with Gasteiger partial charge in [0.1, 0.15) is 12.3 Å². The largest absolute Gasteiger partial charge is 0.497 e. The lowest BCUT2D eigenvalue weighted by Gasteiger charge is -2.22. The Labute approximate surface area is 149 Å². The van der Waals surface area contributed by atoms with Gasteiger partial charge in [0.2, 0.25) is 11.8 Å². The van der Waals surface area contributed by atoms with E-state index < -0.39 is 0 Å². The summed E-state index contributed by atoms with van der Waals surface area (Å²) in [5.41, 5.74) is 2.25. The number of methoxy groups -OCH3 is 1. The Kier molecular flexibility index (Phi) is 5.98. The Morgan fingerprint density at radius 2 is 1.96 bits per heavy atom. The molecule has 0 aromatic heterocycles. The minimum Gasteiger partial charge on any atom is -0.497 e. The van der Waals surface area contributed by atoms with Gasteiger partial charge < -0.3 is 15.0 Å². The van der Waals surface area contributed by atoms with Gasteiger partial charge in [-0.05, 0) is 42.8 Å². The molecule has 24 heavy (non-hydrogen) atoms. The third-order valence-corrected chi connectivity index (χ3v) is 3.98. The summed E-state index contributed by atoms with van der Waals surface area (Å²) in [4.78, 5) is 25.8. The second kappa shape index (κ2) is 7.97. The van der Waals surface area contributed by atoms with Crippen LogP contribution in [0.3, 0.4) is 0 Å². The van der Waals surface area contributed by atoms with Crippen LogP contribution in [0.15, 0.2) is 46.9 Å². The van der Waals surface area contributed by atoms with Crippen LogP contribution in [0.4, 0.5) is 11.4 Å². The minimum atomic E-state index is -0.277. The summed E-state index contributed by atoms with van der Waals surface area (Å²) in [6.45, 7) is 3.28. The molecule has 0 saturated heterocycles. The predicted molar refractivity (Wildman–Crippen MR) is 98.5 cm³/mol. The molecule has 0 aliphatic heterocycles. The summed E-state index contributed by atoms with van der Waals surface area (Å²) in [6, 6.07) is 12.6. The zero-order valence-electron chi connectivity index (χ0n) is 13.8. The number of rotatable bonds is 5. The minimum absolute atomic E-state index is 0.0605. The maximum Gasteiger partial charge on any atom is 0.244 e. The average Bonchev–Trinajstić information content (AvgIpc) is 2.53. The molecule has 0 fully saturated rings. The van der Waals surface area contributed by atoms with Gasteiger partial charge in [0.05, 0.1) is 7.11 Å². The quantitative estimate of drug-likeness (QED) is 0.845. The molecular weight excluding hydrogens is 372 g/mol. The van der Waals surface area contributed by atoms with Crippen molar-refractivity contribution in [3.8, 4) is 5.75 Å². The second-order valence-corrected chi connectivity index (χ2v) is 6.23. The zero-order valence-corrected chi connectivity index (χ0v) is 15.4. The Morgan fingerprint density at radius 3 is 2.58 bits per heavy atom. The summed E-state index contributed by atoms with van der Waals surface area (Å²) in [5, 5.41) is 2.78. The number of anilines is 2. The molecule has 0 unspecified atom stereocenters. The first-order valence-electron chi connectivity index (χ1n) is 7.39. The highest BCUT2D eigenvalue weighted by atomic mass is 79.9. The summed E-state index contributed by atoms with van der Waals surface area (Å²) in [5.74, 6) is 0.182. The highest BCUT2D eigenvalue weighted by Gasteiger charge is 2.18. The molecule has 0 aliphatic rings. The van der Waals surface area contributed by atoms with Crippen molar-refractivity contribution in [1.29, 1.82) is 0 Å². The lowest BCUT2D eigenvalue weighted by Crippen LogP contribution is -2.37. The standard InChI is InChI=1S/C18H19BrN2O3/c1-12-9-14(19)7-8-17(12)21(13(2)22)11-18(23)20-15-5-4-6-16(10-15)24-3/h4-10H,11H2,1-3H3,(H,20,23). The molecule has 2 rings (SSSR count). The molecule has 2 aromatic carbocycles. The highest BCUT2D eigenvalue weighted by Crippen LogP contribution is 2.24. The van der Waals surface area contributed by atoms with Crippen LogP contribution in [0.2, 0.25) is 0 Å². The first-order valence-corrected chi connectivity index (χ1v) is 8.18. The molecule has 6 heteroatoms. The third kappa shape index (κ3) is 4.58. The van der Waals surface area contributed by atoms with Crippen molar-refractivity contribution in [3.63, 3.8) is 0 Å². The van der Waals surface area contributed by atoms with E-state index in [2.05, 4.69) is 21.2 Å². The van der Waals surface area contributed by atoms with E-state index in [1.165, 1.54) is 11.8 Å². The van der Waals surface area contributed by atoms with Gasteiger partial charge in [-0.15, -0.1) is 0 Å². The number of hydrogen-bond donors (Lipinski definition) is 1. The topological polar surface area (TPSA) is 58.6 Å². The van der Waals surface area contributed by atoms with Crippen molar-refractivity contribution < 1.29 is 14.3 Å². The first-order chi connectivity index (χ1) is 11.4. The number of nitrogens with one attached hydrogen (secondary N) is 1. The molecule has 5 nitrogen and oxygen atoms in total. The van der Waals surface area contributed by atoms with E-state index in [0.29, 0.717) is 17.1 Å². The number of aryl methyl sites for hydroxylation is 1. The number of nitrogens with zero attached hydrogens (tertiary/aromatic N) is 1. The van der Waals surface area contributed by atoms with E-state index in [-0.39, 0.29) is 18.4 Å². The van der Waals surface area contributed by atoms with Gasteiger partial charge in [0.15, 0.2) is 0 Å². The Bertz CT molecular complexity index is 762. The van der Waals surface area contributed by atoms with Crippen LogP contribution in [0.1, 0.15) is 12.5 Å². The third-order valence-electron chi connectivity index (χ3n) is 3.48. The van der Waals surface area contributed by atoms with Crippen molar-refractivity contribution in [2.75, 3.05) is 23.9 Å². The van der Waals surface area contributed by atoms with Crippen LogP contribution < -0.4 is 15.0 Å². The van der Waals surface area contributed by atoms with Gasteiger partial charge in [0, 0.05) is 28.8 Å². The molecule has 2 aromatic rings. The van der Waals surface area contributed by atoms with Gasteiger partial charge in [-0.1, -0.05) is 22.0 Å². The molecule has 2 amide bonds. The second-order valence-electron chi connectivity index (χ2n) is 5.32. The fourth-order valence-electron chi connectivity index (χ4n) is 2.33. The maximum atomic E-state index is 12.3. The van der Waals surface area contributed by atoms with E-state index in [0.717, 1.165) is 10.0 Å². The number of ether oxygens (including phenoxy) is 1. The zero-order chi connectivity index (χ0) is 17.7. The molecular formula is C18H19BrN2O3. The van der Waals surface area contributed by atoms with Crippen LogP contribution in [0, 0.1) is 6.92 Å². The smallest absolute Gasteiger partial charge is 0.244 e. The van der Waals surface area contributed by atoms with Crippen LogP contribution in [-0.2, 0) is 9.59 Å². The van der Waals surface area contributed by atoms with Gasteiger partial charge >= 0.3 is 0 Å². The van der Waals surface area contributed by atoms with Gasteiger partial charge in [-0.3, -0.25) is 9.59 Å². The molecule has 0 spiro atoms. The summed E-state index contributed by atoms with van der Waals surface area (Å²) < 4.78 is 6.06. The van der Waals surface area contributed by atoms with Gasteiger partial charge in [-0.25, -0.2) is 0 Å². The molecule has 0 atom stereocenters. The van der Waals surface area contributed by atoms with Gasteiger partial charge in [0.25, 0.3) is 0 Å². The van der Waals surface area contributed by atoms with Crippen molar-refractivity contribution in [2.24, 2.45) is 0 Å². The number of carbonyl (C=O) groups excluding carboxylic acids is 2. The maximum absolute atomic E-state index is 12.3. The molecule has 126 valence electrons. The number of benzene rings is 2. The Hall–Kier alpha value is -2.34. The van der Waals surface area contributed by atoms with Crippen LogP contribution in [0.5, 0.6) is 5.75 Å². The lowest BCUT2D eigenvalue weighted by molar-refractivity contribution is -0.120. The number of hydrogen-bond acceptors (Lipinski definition) is 3. The fraction of sp³-hybridized carbons (Fsp3) is 0.222. The fourth-order valence-corrected chi connectivity index (χ4v) is 2.81. The summed E-state index contributed by atoms with van der Waals surface area (Å²) >= 11 is 3.40. The summed E-state index contributed by atoms with van der Waals surface area (Å²) in [7, 11) is 1.56. The molecule has 1 N–H and O–H groups in total. The van der Waals surface area contributed by atoms with Crippen molar-refractivity contribution in [1.82, 2.24) is 0 Å². The van der Waals surface area contributed by atoms with Crippen molar-refractivity contribution >= 4 is 39.1 Å². The van der Waals surface area contributed by atoms with E-state index in [9.17, 15) is 9.59 Å². The van der Waals surface area contributed by atoms with E-state index in [1.54, 1.807) is 31.4 Å². The molecule has 0 radical (unpaired) electrons. The van der Waals surface area contributed by atoms with E-state index in [4.69, 9.17) is 4.74 Å². The average molecular weight is 391 g/mol. The molecule has 0 heterocycles. The first kappa shape index (κ1) is 18.0. The van der Waals surface area contributed by atoms with Crippen LogP contribution in [-0.4, -0.2) is 25.5 Å². The number of amides is 2. The highest BCUT2D eigenvalue weighted by molar-refractivity contribution is 9.10. The molecule has 0 aliphatic carbocycles. The normalized spacial score (nSPS) is 10.2. The SMILES string of the molecule is COc1cccc(NC(=O)CN(C(C)=O)c2ccc(Br)cc2C)c1. The molecule has 0 saturated carbocycles. The van der Waals surface area contributed by atoms with Crippen molar-refractivity contribution in [2.45, 2.75) is 13.8 Å². The number of carbonyl (C=O) groups is 2. The number of halogens is 1. The van der Waals surface area contributed by atoms with Crippen LogP contribution in [0.25, 0.3) is 0 Å².